The summed E-state index contributed by atoms with van der Waals surface area (Å²) in [5.41, 5.74) is 1.22. The number of aromatic nitrogens is 1. The average Bonchev–Trinajstić information content (AvgIpc) is 2.78. The van der Waals surface area contributed by atoms with E-state index < -0.39 is 0 Å². The lowest BCUT2D eigenvalue weighted by Gasteiger charge is -2.44. The van der Waals surface area contributed by atoms with Gasteiger partial charge in [-0.05, 0) is 18.2 Å². The lowest BCUT2D eigenvalue weighted by atomic mass is 9.72. The zero-order chi connectivity index (χ0) is 13.9. The first-order valence-electron chi connectivity index (χ1n) is 6.35. The topological polar surface area (TPSA) is 42.1 Å². The zero-order valence-corrected chi connectivity index (χ0v) is 14.0. The van der Waals surface area contributed by atoms with Crippen molar-refractivity contribution in [2.75, 3.05) is 12.4 Å². The molecule has 1 aromatic carbocycles. The molecule has 2 aliphatic rings. The maximum Gasteiger partial charge on any atom is 0.305 e. The number of aromatic amines is 1. The van der Waals surface area contributed by atoms with Gasteiger partial charge in [0.05, 0.1) is 11.6 Å². The second-order valence-corrected chi connectivity index (χ2v) is 8.47. The summed E-state index contributed by atoms with van der Waals surface area (Å²) >= 11 is 6.62. The molecule has 0 radical (unpaired) electrons. The fourth-order valence-corrected chi connectivity index (χ4v) is 5.94. The van der Waals surface area contributed by atoms with Crippen molar-refractivity contribution in [2.24, 2.45) is 5.41 Å². The van der Waals surface area contributed by atoms with Crippen LogP contribution in [0.2, 0.25) is 0 Å². The standard InChI is InChI=1S/C14H12BrNO2S2/c1-14-5-18-9-3-2-7(15)4-8(9)10(14)11-12(19-6-14)16-13(17)20-11/h2-4,10H,5-6H2,1H3,(H,16,17)/t10?,14-/m0/s1. The van der Waals surface area contributed by atoms with Gasteiger partial charge >= 0.3 is 4.87 Å². The van der Waals surface area contributed by atoms with Crippen molar-refractivity contribution >= 4 is 39.0 Å². The first-order chi connectivity index (χ1) is 9.57. The molecule has 4 rings (SSSR count). The molecule has 20 heavy (non-hydrogen) atoms. The molecule has 0 bridgehead atoms. The molecule has 0 fully saturated rings. The Balaban J connectivity index is 1.98. The number of ether oxygens (including phenoxy) is 1. The highest BCUT2D eigenvalue weighted by Crippen LogP contribution is 2.56. The van der Waals surface area contributed by atoms with Crippen LogP contribution in [0, 0.1) is 5.41 Å². The van der Waals surface area contributed by atoms with Crippen molar-refractivity contribution in [2.45, 2.75) is 17.9 Å². The van der Waals surface area contributed by atoms with E-state index in [1.165, 1.54) is 16.9 Å². The van der Waals surface area contributed by atoms with E-state index in [1.54, 1.807) is 11.8 Å². The SMILES string of the molecule is C[C@@]12COc3ccc(Br)cc3C1c1sc(=O)[nH]c1SC2. The predicted molar refractivity (Wildman–Crippen MR) is 85.3 cm³/mol. The van der Waals surface area contributed by atoms with Crippen molar-refractivity contribution in [3.63, 3.8) is 0 Å². The third-order valence-electron chi connectivity index (χ3n) is 3.99. The summed E-state index contributed by atoms with van der Waals surface area (Å²) in [6, 6.07) is 6.14. The van der Waals surface area contributed by atoms with Crippen LogP contribution in [-0.4, -0.2) is 17.3 Å². The van der Waals surface area contributed by atoms with Gasteiger partial charge in [0.1, 0.15) is 5.75 Å². The van der Waals surface area contributed by atoms with Gasteiger partial charge in [0.25, 0.3) is 0 Å². The fraction of sp³-hybridized carbons (Fsp3) is 0.357. The molecule has 1 N–H and O–H groups in total. The van der Waals surface area contributed by atoms with Crippen molar-refractivity contribution < 1.29 is 4.74 Å². The minimum atomic E-state index is 0.0368. The van der Waals surface area contributed by atoms with Gasteiger partial charge < -0.3 is 9.72 Å². The summed E-state index contributed by atoms with van der Waals surface area (Å²) in [5.74, 6) is 2.14. The van der Waals surface area contributed by atoms with Gasteiger partial charge in [-0.25, -0.2) is 0 Å². The van der Waals surface area contributed by atoms with Crippen LogP contribution in [0.5, 0.6) is 5.75 Å². The number of halogens is 1. The Bertz CT molecular complexity index is 754. The van der Waals surface area contributed by atoms with Gasteiger partial charge in [0.15, 0.2) is 0 Å². The Morgan fingerprint density at radius 1 is 1.50 bits per heavy atom. The summed E-state index contributed by atoms with van der Waals surface area (Å²) in [6.07, 6.45) is 0. The highest BCUT2D eigenvalue weighted by molar-refractivity contribution is 9.10. The number of thioether (sulfide) groups is 1. The lowest BCUT2D eigenvalue weighted by molar-refractivity contribution is 0.137. The number of benzene rings is 1. The number of thiazole rings is 1. The van der Waals surface area contributed by atoms with E-state index in [-0.39, 0.29) is 16.2 Å². The molecule has 1 aromatic heterocycles. The molecule has 0 saturated heterocycles. The van der Waals surface area contributed by atoms with Crippen LogP contribution >= 0.6 is 39.0 Å². The van der Waals surface area contributed by atoms with Crippen LogP contribution in [0.4, 0.5) is 0 Å². The van der Waals surface area contributed by atoms with E-state index in [2.05, 4.69) is 33.9 Å². The first-order valence-corrected chi connectivity index (χ1v) is 8.94. The summed E-state index contributed by atoms with van der Waals surface area (Å²) < 4.78 is 7.00. The molecule has 1 unspecified atom stereocenters. The Kier molecular flexibility index (Phi) is 2.85. The van der Waals surface area contributed by atoms with Crippen molar-refractivity contribution in [3.05, 3.63) is 42.8 Å². The number of H-pyrrole nitrogens is 1. The van der Waals surface area contributed by atoms with Crippen molar-refractivity contribution in [3.8, 4) is 5.75 Å². The third-order valence-corrected chi connectivity index (χ3v) is 6.97. The smallest absolute Gasteiger partial charge is 0.305 e. The maximum atomic E-state index is 11.7. The highest BCUT2D eigenvalue weighted by atomic mass is 79.9. The van der Waals surface area contributed by atoms with E-state index >= 15 is 0 Å². The number of hydrogen-bond donors (Lipinski definition) is 1. The molecule has 0 amide bonds. The minimum Gasteiger partial charge on any atom is -0.493 e. The lowest BCUT2D eigenvalue weighted by Crippen LogP contribution is -2.40. The number of nitrogens with one attached hydrogen (secondary N) is 1. The summed E-state index contributed by atoms with van der Waals surface area (Å²) in [4.78, 5) is 15.9. The molecule has 0 aliphatic carbocycles. The van der Waals surface area contributed by atoms with Gasteiger partial charge in [0, 0.05) is 32.0 Å². The monoisotopic (exact) mass is 369 g/mol. The van der Waals surface area contributed by atoms with E-state index in [1.807, 2.05) is 12.1 Å². The van der Waals surface area contributed by atoms with Gasteiger partial charge in [-0.3, -0.25) is 4.79 Å². The molecular formula is C14H12BrNO2S2. The Labute approximate surface area is 132 Å². The molecule has 6 heteroatoms. The molecule has 3 heterocycles. The number of rotatable bonds is 0. The molecule has 2 aromatic rings. The van der Waals surface area contributed by atoms with E-state index in [0.29, 0.717) is 6.61 Å². The molecule has 2 aliphatic heterocycles. The van der Waals surface area contributed by atoms with Crippen LogP contribution in [0.1, 0.15) is 23.3 Å². The predicted octanol–water partition coefficient (Wildman–Crippen LogP) is 3.84. The van der Waals surface area contributed by atoms with Crippen LogP contribution in [0.15, 0.2) is 32.5 Å². The van der Waals surface area contributed by atoms with Gasteiger partial charge in [-0.15, -0.1) is 11.8 Å². The van der Waals surface area contributed by atoms with Gasteiger partial charge in [-0.2, -0.15) is 0 Å². The van der Waals surface area contributed by atoms with Gasteiger partial charge in [-0.1, -0.05) is 34.2 Å². The molecule has 0 spiro atoms. The molecule has 0 saturated carbocycles. The number of fused-ring (bicyclic) bond motifs is 5. The number of hydrogen-bond acceptors (Lipinski definition) is 4. The Morgan fingerprint density at radius 2 is 2.35 bits per heavy atom. The normalized spacial score (nSPS) is 27.2. The van der Waals surface area contributed by atoms with Crippen molar-refractivity contribution in [1.82, 2.24) is 4.98 Å². The second kappa shape index (κ2) is 4.39. The van der Waals surface area contributed by atoms with Gasteiger partial charge in [0.2, 0.25) is 0 Å². The Hall–Kier alpha value is -0.720. The minimum absolute atomic E-state index is 0.0368. The molecule has 104 valence electrons. The summed E-state index contributed by atoms with van der Waals surface area (Å²) in [6.45, 7) is 2.95. The van der Waals surface area contributed by atoms with Crippen LogP contribution in [0.3, 0.4) is 0 Å². The molecule has 3 nitrogen and oxygen atoms in total. The first kappa shape index (κ1) is 13.0. The maximum absolute atomic E-state index is 11.7. The van der Waals surface area contributed by atoms with Crippen molar-refractivity contribution in [1.29, 1.82) is 0 Å². The zero-order valence-electron chi connectivity index (χ0n) is 10.7. The van der Waals surface area contributed by atoms with Crippen LogP contribution < -0.4 is 9.61 Å². The third kappa shape index (κ3) is 1.81. The van der Waals surface area contributed by atoms with Crippen LogP contribution in [0.25, 0.3) is 0 Å². The molecule has 2 atom stereocenters. The van der Waals surface area contributed by atoms with E-state index in [9.17, 15) is 4.79 Å². The quantitative estimate of drug-likeness (QED) is 0.766. The largest absolute Gasteiger partial charge is 0.493 e. The average molecular weight is 370 g/mol. The second-order valence-electron chi connectivity index (χ2n) is 5.55. The van der Waals surface area contributed by atoms with E-state index in [0.717, 1.165) is 25.9 Å². The summed E-state index contributed by atoms with van der Waals surface area (Å²) in [7, 11) is 0. The fourth-order valence-electron chi connectivity index (χ4n) is 3.02. The van der Waals surface area contributed by atoms with Crippen LogP contribution in [-0.2, 0) is 0 Å². The Morgan fingerprint density at radius 3 is 3.20 bits per heavy atom. The van der Waals surface area contributed by atoms with E-state index in [4.69, 9.17) is 4.74 Å². The highest BCUT2D eigenvalue weighted by Gasteiger charge is 2.47. The molecular weight excluding hydrogens is 358 g/mol. The summed E-state index contributed by atoms with van der Waals surface area (Å²) in [5, 5.41) is 1.04.